The topological polar surface area (TPSA) is 42.2 Å². The Morgan fingerprint density at radius 1 is 1.45 bits per heavy atom. The molecule has 20 heavy (non-hydrogen) atoms. The van der Waals surface area contributed by atoms with Crippen LogP contribution in [0.2, 0.25) is 0 Å². The van der Waals surface area contributed by atoms with Gasteiger partial charge in [-0.25, -0.2) is 4.98 Å². The van der Waals surface area contributed by atoms with Crippen molar-refractivity contribution in [1.29, 1.82) is 0 Å². The van der Waals surface area contributed by atoms with Crippen LogP contribution in [-0.4, -0.2) is 15.9 Å². The van der Waals surface area contributed by atoms with E-state index in [0.29, 0.717) is 6.04 Å². The maximum Gasteiger partial charge on any atom is 0.205 e. The first kappa shape index (κ1) is 13.6. The molecule has 0 amide bonds. The molecule has 1 aliphatic rings. The Kier molecular flexibility index (Phi) is 3.78. The van der Waals surface area contributed by atoms with E-state index >= 15 is 0 Å². The third kappa shape index (κ3) is 2.59. The summed E-state index contributed by atoms with van der Waals surface area (Å²) in [6.45, 7) is 7.44. The van der Waals surface area contributed by atoms with Crippen molar-refractivity contribution in [3.63, 3.8) is 0 Å². The van der Waals surface area contributed by atoms with Crippen LogP contribution in [0.15, 0.2) is 16.5 Å². The Morgan fingerprint density at radius 3 is 2.95 bits per heavy atom. The molecule has 1 fully saturated rings. The zero-order valence-corrected chi connectivity index (χ0v) is 13.1. The Labute approximate surface area is 124 Å². The summed E-state index contributed by atoms with van der Waals surface area (Å²) < 4.78 is 10.3. The molecule has 2 aromatic heterocycles. The molecule has 2 unspecified atom stereocenters. The van der Waals surface area contributed by atoms with E-state index in [4.69, 9.17) is 4.42 Å². The van der Waals surface area contributed by atoms with Crippen LogP contribution < -0.4 is 4.90 Å². The second kappa shape index (κ2) is 5.56. The first-order chi connectivity index (χ1) is 9.67. The highest BCUT2D eigenvalue weighted by atomic mass is 32.1. The van der Waals surface area contributed by atoms with E-state index in [1.54, 1.807) is 0 Å². The van der Waals surface area contributed by atoms with Gasteiger partial charge in [-0.2, -0.15) is 4.37 Å². The van der Waals surface area contributed by atoms with Gasteiger partial charge in [-0.15, -0.1) is 0 Å². The minimum Gasteiger partial charge on any atom is -0.464 e. The predicted octanol–water partition coefficient (Wildman–Crippen LogP) is 3.98. The average molecular weight is 291 g/mol. The molecule has 1 saturated heterocycles. The summed E-state index contributed by atoms with van der Waals surface area (Å²) in [5, 5.41) is 1.04. The lowest BCUT2D eigenvalue weighted by Gasteiger charge is -2.37. The van der Waals surface area contributed by atoms with E-state index in [9.17, 15) is 0 Å². The smallest absolute Gasteiger partial charge is 0.205 e. The summed E-state index contributed by atoms with van der Waals surface area (Å²) in [6, 6.07) is 4.45. The monoisotopic (exact) mass is 291 g/mol. The van der Waals surface area contributed by atoms with Crippen LogP contribution in [-0.2, 0) is 6.42 Å². The van der Waals surface area contributed by atoms with Crippen molar-refractivity contribution in [2.45, 2.75) is 46.1 Å². The van der Waals surface area contributed by atoms with Gasteiger partial charge in [-0.3, -0.25) is 0 Å². The molecule has 0 aromatic carbocycles. The van der Waals surface area contributed by atoms with Crippen LogP contribution in [0, 0.1) is 12.8 Å². The van der Waals surface area contributed by atoms with Crippen molar-refractivity contribution in [3.8, 4) is 0 Å². The summed E-state index contributed by atoms with van der Waals surface area (Å²) in [4.78, 5) is 7.02. The Bertz CT molecular complexity index is 577. The van der Waals surface area contributed by atoms with Crippen molar-refractivity contribution >= 4 is 16.7 Å². The number of rotatable bonds is 3. The quantitative estimate of drug-likeness (QED) is 0.858. The fourth-order valence-corrected chi connectivity index (χ4v) is 3.60. The lowest BCUT2D eigenvalue weighted by molar-refractivity contribution is 0.324. The molecule has 3 heterocycles. The molecule has 0 bridgehead atoms. The molecule has 0 radical (unpaired) electrons. The summed E-state index contributed by atoms with van der Waals surface area (Å²) in [5.74, 6) is 3.70. The lowest BCUT2D eigenvalue weighted by atomic mass is 9.91. The second-order valence-corrected chi connectivity index (χ2v) is 6.36. The first-order valence-corrected chi connectivity index (χ1v) is 8.10. The second-order valence-electron chi connectivity index (χ2n) is 5.63. The molecule has 2 aromatic rings. The normalized spacial score (nSPS) is 23.2. The van der Waals surface area contributed by atoms with Gasteiger partial charge in [-0.05, 0) is 37.8 Å². The number of aromatic nitrogens is 2. The number of aryl methyl sites for hydroxylation is 2. The maximum atomic E-state index is 5.87. The van der Waals surface area contributed by atoms with Crippen molar-refractivity contribution in [3.05, 3.63) is 29.5 Å². The molecule has 2 atom stereocenters. The van der Waals surface area contributed by atoms with Gasteiger partial charge in [0.15, 0.2) is 0 Å². The largest absolute Gasteiger partial charge is 0.464 e. The van der Waals surface area contributed by atoms with Gasteiger partial charge in [-0.1, -0.05) is 13.8 Å². The van der Waals surface area contributed by atoms with Crippen LogP contribution in [0.4, 0.5) is 5.13 Å². The fraction of sp³-hybridized carbons (Fsp3) is 0.600. The van der Waals surface area contributed by atoms with Crippen LogP contribution in [0.25, 0.3) is 0 Å². The van der Waals surface area contributed by atoms with Gasteiger partial charge in [0.05, 0.1) is 6.04 Å². The number of piperidine rings is 1. The summed E-state index contributed by atoms with van der Waals surface area (Å²) in [6.07, 6.45) is 3.22. The molecule has 108 valence electrons. The minimum atomic E-state index is 0.296. The van der Waals surface area contributed by atoms with Crippen LogP contribution in [0.1, 0.15) is 50.1 Å². The van der Waals surface area contributed by atoms with Crippen LogP contribution in [0.5, 0.6) is 0 Å². The lowest BCUT2D eigenvalue weighted by Crippen LogP contribution is -2.36. The van der Waals surface area contributed by atoms with Crippen molar-refractivity contribution < 1.29 is 4.42 Å². The maximum absolute atomic E-state index is 5.87. The van der Waals surface area contributed by atoms with Gasteiger partial charge in [0.25, 0.3) is 0 Å². The molecule has 0 aliphatic carbocycles. The van der Waals surface area contributed by atoms with Crippen LogP contribution in [0.3, 0.4) is 0 Å². The number of anilines is 1. The first-order valence-electron chi connectivity index (χ1n) is 7.33. The molecule has 0 spiro atoms. The van der Waals surface area contributed by atoms with E-state index in [1.807, 2.05) is 13.0 Å². The van der Waals surface area contributed by atoms with E-state index in [0.717, 1.165) is 47.8 Å². The minimum absolute atomic E-state index is 0.296. The van der Waals surface area contributed by atoms with E-state index in [2.05, 4.69) is 34.2 Å². The molecule has 4 nitrogen and oxygen atoms in total. The average Bonchev–Trinajstić information content (AvgIpc) is 3.07. The highest BCUT2D eigenvalue weighted by Crippen LogP contribution is 2.38. The van der Waals surface area contributed by atoms with E-state index < -0.39 is 0 Å². The molecular formula is C15H21N3OS. The van der Waals surface area contributed by atoms with Gasteiger partial charge in [0.2, 0.25) is 5.13 Å². The zero-order valence-electron chi connectivity index (χ0n) is 12.3. The van der Waals surface area contributed by atoms with E-state index in [1.165, 1.54) is 18.0 Å². The van der Waals surface area contributed by atoms with Gasteiger partial charge in [0, 0.05) is 24.5 Å². The summed E-state index contributed by atoms with van der Waals surface area (Å²) in [7, 11) is 0. The van der Waals surface area contributed by atoms with Crippen molar-refractivity contribution in [2.75, 3.05) is 11.4 Å². The number of hydrogen-bond donors (Lipinski definition) is 0. The van der Waals surface area contributed by atoms with Gasteiger partial charge < -0.3 is 9.32 Å². The summed E-state index contributed by atoms with van der Waals surface area (Å²) >= 11 is 1.51. The molecule has 0 N–H and O–H groups in total. The highest BCUT2D eigenvalue weighted by Gasteiger charge is 2.31. The van der Waals surface area contributed by atoms with Gasteiger partial charge >= 0.3 is 0 Å². The standard InChI is InChI=1S/C15H21N3OS/c1-4-14-16-15(20-17-14)18-8-7-10(2)9-12(18)13-6-5-11(3)19-13/h5-6,10,12H,4,7-9H2,1-3H3. The zero-order chi connectivity index (χ0) is 14.1. The Morgan fingerprint density at radius 2 is 2.30 bits per heavy atom. The van der Waals surface area contributed by atoms with Crippen molar-refractivity contribution in [1.82, 2.24) is 9.36 Å². The van der Waals surface area contributed by atoms with Gasteiger partial charge in [0.1, 0.15) is 17.3 Å². The number of furan rings is 1. The Hall–Kier alpha value is -1.36. The molecular weight excluding hydrogens is 270 g/mol. The van der Waals surface area contributed by atoms with Crippen LogP contribution >= 0.6 is 11.5 Å². The third-order valence-corrected chi connectivity index (χ3v) is 4.76. The third-order valence-electron chi connectivity index (χ3n) is 3.97. The molecule has 1 aliphatic heterocycles. The highest BCUT2D eigenvalue weighted by molar-refractivity contribution is 7.09. The molecule has 5 heteroatoms. The van der Waals surface area contributed by atoms with E-state index in [-0.39, 0.29) is 0 Å². The Balaban J connectivity index is 1.90. The summed E-state index contributed by atoms with van der Waals surface area (Å²) in [5.41, 5.74) is 0. The molecule has 0 saturated carbocycles. The molecule has 3 rings (SSSR count). The SMILES string of the molecule is CCc1nsc(N2CCC(C)CC2c2ccc(C)o2)n1. The fourth-order valence-electron chi connectivity index (χ4n) is 2.78. The predicted molar refractivity (Wildman–Crippen MR) is 81.2 cm³/mol. The number of hydrogen-bond acceptors (Lipinski definition) is 5. The number of nitrogens with zero attached hydrogens (tertiary/aromatic N) is 3. The van der Waals surface area contributed by atoms with Crippen molar-refractivity contribution in [2.24, 2.45) is 5.92 Å².